The normalized spacial score (nSPS) is 10.4. The second kappa shape index (κ2) is 4.49. The van der Waals surface area contributed by atoms with Gasteiger partial charge in [0.2, 0.25) is 0 Å². The first kappa shape index (κ1) is 10.9. The van der Waals surface area contributed by atoms with Gasteiger partial charge in [-0.05, 0) is 17.5 Å². The molecular weight excluding hydrogens is 224 g/mol. The fraction of sp³-hybridized carbons (Fsp3) is 0.273. The maximum atomic E-state index is 11.2. The molecule has 0 saturated carbocycles. The number of aromatic nitrogens is 1. The van der Waals surface area contributed by atoms with Gasteiger partial charge in [0.15, 0.2) is 0 Å². The molecule has 2 heterocycles. The zero-order valence-electron chi connectivity index (χ0n) is 9.14. The predicted octanol–water partition coefficient (Wildman–Crippen LogP) is 1.91. The van der Waals surface area contributed by atoms with E-state index in [0.717, 1.165) is 11.2 Å². The van der Waals surface area contributed by atoms with Gasteiger partial charge in [0.05, 0.1) is 7.11 Å². The van der Waals surface area contributed by atoms with E-state index in [1.165, 1.54) is 11.8 Å². The summed E-state index contributed by atoms with van der Waals surface area (Å²) in [4.78, 5) is 17.3. The van der Waals surface area contributed by atoms with Crippen molar-refractivity contribution in [3.8, 4) is 0 Å². The number of hydrogen-bond donors (Lipinski definition) is 0. The molecule has 5 heteroatoms. The summed E-state index contributed by atoms with van der Waals surface area (Å²) in [5, 5.41) is 3.08. The lowest BCUT2D eigenvalue weighted by Gasteiger charge is -2.17. The number of fused-ring (bicyclic) bond motifs is 1. The van der Waals surface area contributed by atoms with Crippen molar-refractivity contribution in [3.63, 3.8) is 0 Å². The van der Waals surface area contributed by atoms with Gasteiger partial charge >= 0.3 is 5.97 Å². The molecule has 2 rings (SSSR count). The second-order valence-corrected chi connectivity index (χ2v) is 4.35. The van der Waals surface area contributed by atoms with E-state index >= 15 is 0 Å². The molecule has 0 aliphatic carbocycles. The minimum absolute atomic E-state index is 0.207. The fourth-order valence-corrected chi connectivity index (χ4v) is 2.29. The molecule has 0 bridgehead atoms. The van der Waals surface area contributed by atoms with Crippen molar-refractivity contribution in [3.05, 3.63) is 23.7 Å². The molecule has 0 saturated heterocycles. The summed E-state index contributed by atoms with van der Waals surface area (Å²) in [5.41, 5.74) is 0. The SMILES string of the molecule is COC(=O)CN(C)c1nccc2sccc12. The van der Waals surface area contributed by atoms with E-state index < -0.39 is 0 Å². The molecule has 0 aliphatic rings. The third-order valence-corrected chi connectivity index (χ3v) is 3.20. The highest BCUT2D eigenvalue weighted by atomic mass is 32.1. The van der Waals surface area contributed by atoms with Crippen LogP contribution in [-0.4, -0.2) is 31.7 Å². The van der Waals surface area contributed by atoms with E-state index in [-0.39, 0.29) is 12.5 Å². The Bertz CT molecular complexity index is 509. The molecule has 2 aromatic heterocycles. The van der Waals surface area contributed by atoms with Crippen molar-refractivity contribution in [1.82, 2.24) is 4.98 Å². The molecular formula is C11H12N2O2S. The van der Waals surface area contributed by atoms with Crippen LogP contribution >= 0.6 is 11.3 Å². The third kappa shape index (κ3) is 1.99. The standard InChI is InChI=1S/C11H12N2O2S/c1-13(7-10(14)15-2)11-8-4-6-16-9(8)3-5-12-11/h3-6H,7H2,1-2H3. The molecule has 0 fully saturated rings. The highest BCUT2D eigenvalue weighted by Crippen LogP contribution is 2.27. The van der Waals surface area contributed by atoms with Crippen molar-refractivity contribution in [2.45, 2.75) is 0 Å². The smallest absolute Gasteiger partial charge is 0.325 e. The number of esters is 1. The van der Waals surface area contributed by atoms with Crippen LogP contribution in [0.3, 0.4) is 0 Å². The first-order chi connectivity index (χ1) is 7.72. The molecule has 0 amide bonds. The summed E-state index contributed by atoms with van der Waals surface area (Å²) in [5.74, 6) is 0.542. The van der Waals surface area contributed by atoms with Gasteiger partial charge in [0, 0.05) is 23.3 Å². The Morgan fingerprint density at radius 2 is 2.38 bits per heavy atom. The van der Waals surface area contributed by atoms with E-state index in [0.29, 0.717) is 0 Å². The van der Waals surface area contributed by atoms with Gasteiger partial charge in [-0.2, -0.15) is 0 Å². The summed E-state index contributed by atoms with van der Waals surface area (Å²) in [7, 11) is 3.21. The maximum absolute atomic E-state index is 11.2. The zero-order chi connectivity index (χ0) is 11.5. The number of pyridine rings is 1. The number of methoxy groups -OCH3 is 1. The van der Waals surface area contributed by atoms with E-state index in [1.807, 2.05) is 24.6 Å². The van der Waals surface area contributed by atoms with E-state index in [9.17, 15) is 4.79 Å². The van der Waals surface area contributed by atoms with Gasteiger partial charge in [-0.15, -0.1) is 11.3 Å². The van der Waals surface area contributed by atoms with Crippen LogP contribution in [0.1, 0.15) is 0 Å². The number of hydrogen-bond acceptors (Lipinski definition) is 5. The lowest BCUT2D eigenvalue weighted by molar-refractivity contribution is -0.138. The van der Waals surface area contributed by atoms with Crippen LogP contribution < -0.4 is 4.90 Å². The minimum atomic E-state index is -0.267. The van der Waals surface area contributed by atoms with Gasteiger partial charge in [0.1, 0.15) is 12.4 Å². The molecule has 0 spiro atoms. The lowest BCUT2D eigenvalue weighted by atomic mass is 10.3. The third-order valence-electron chi connectivity index (χ3n) is 2.31. The Morgan fingerprint density at radius 3 is 3.12 bits per heavy atom. The van der Waals surface area contributed by atoms with Crippen LogP contribution in [0.2, 0.25) is 0 Å². The van der Waals surface area contributed by atoms with E-state index in [1.54, 1.807) is 22.4 Å². The first-order valence-corrected chi connectivity index (χ1v) is 5.70. The number of ether oxygens (including phenoxy) is 1. The molecule has 16 heavy (non-hydrogen) atoms. The molecule has 0 aliphatic heterocycles. The number of thiophene rings is 1. The Kier molecular flexibility index (Phi) is 3.05. The van der Waals surface area contributed by atoms with Crippen LogP contribution in [0.25, 0.3) is 10.1 Å². The highest BCUT2D eigenvalue weighted by Gasteiger charge is 2.11. The number of rotatable bonds is 3. The summed E-state index contributed by atoms with van der Waals surface area (Å²) in [6, 6.07) is 3.98. The average molecular weight is 236 g/mol. The van der Waals surface area contributed by atoms with Crippen molar-refractivity contribution >= 4 is 33.2 Å². The summed E-state index contributed by atoms with van der Waals surface area (Å²) < 4.78 is 5.80. The van der Waals surface area contributed by atoms with Crippen LogP contribution in [0.4, 0.5) is 5.82 Å². The zero-order valence-corrected chi connectivity index (χ0v) is 9.95. The number of nitrogens with zero attached hydrogens (tertiary/aromatic N) is 2. The monoisotopic (exact) mass is 236 g/mol. The molecule has 84 valence electrons. The van der Waals surface area contributed by atoms with Crippen LogP contribution in [0.15, 0.2) is 23.7 Å². The van der Waals surface area contributed by atoms with Crippen LogP contribution in [-0.2, 0) is 9.53 Å². The number of likely N-dealkylation sites (N-methyl/N-ethyl adjacent to an activating group) is 1. The largest absolute Gasteiger partial charge is 0.468 e. The quantitative estimate of drug-likeness (QED) is 0.763. The number of anilines is 1. The molecule has 0 atom stereocenters. The Hall–Kier alpha value is -1.62. The predicted molar refractivity (Wildman–Crippen MR) is 64.9 cm³/mol. The van der Waals surface area contributed by atoms with Crippen LogP contribution in [0, 0.1) is 0 Å². The Balaban J connectivity index is 2.32. The lowest BCUT2D eigenvalue weighted by Crippen LogP contribution is -2.27. The van der Waals surface area contributed by atoms with Gasteiger partial charge in [-0.1, -0.05) is 0 Å². The Morgan fingerprint density at radius 1 is 1.56 bits per heavy atom. The fourth-order valence-electron chi connectivity index (χ4n) is 1.52. The summed E-state index contributed by atoms with van der Waals surface area (Å²) >= 11 is 1.66. The molecule has 4 nitrogen and oxygen atoms in total. The van der Waals surface area contributed by atoms with E-state index in [2.05, 4.69) is 9.72 Å². The van der Waals surface area contributed by atoms with Crippen LogP contribution in [0.5, 0.6) is 0 Å². The van der Waals surface area contributed by atoms with Crippen molar-refractivity contribution in [2.75, 3.05) is 25.6 Å². The van der Waals surface area contributed by atoms with E-state index in [4.69, 9.17) is 0 Å². The molecule has 2 aromatic rings. The topological polar surface area (TPSA) is 42.4 Å². The number of carbonyl (C=O) groups is 1. The van der Waals surface area contributed by atoms with Crippen molar-refractivity contribution in [2.24, 2.45) is 0 Å². The van der Waals surface area contributed by atoms with Gasteiger partial charge < -0.3 is 9.64 Å². The highest BCUT2D eigenvalue weighted by molar-refractivity contribution is 7.17. The van der Waals surface area contributed by atoms with Gasteiger partial charge in [0.25, 0.3) is 0 Å². The van der Waals surface area contributed by atoms with Gasteiger partial charge in [-0.3, -0.25) is 4.79 Å². The Labute approximate surface area is 97.5 Å². The first-order valence-electron chi connectivity index (χ1n) is 4.82. The number of carbonyl (C=O) groups excluding carboxylic acids is 1. The molecule has 0 unspecified atom stereocenters. The molecule has 0 radical (unpaired) electrons. The average Bonchev–Trinajstić information content (AvgIpc) is 2.76. The van der Waals surface area contributed by atoms with Gasteiger partial charge in [-0.25, -0.2) is 4.98 Å². The molecule has 0 N–H and O–H groups in total. The summed E-state index contributed by atoms with van der Waals surface area (Å²) in [6.07, 6.45) is 1.75. The van der Waals surface area contributed by atoms with Crippen molar-refractivity contribution < 1.29 is 9.53 Å². The van der Waals surface area contributed by atoms with Crippen molar-refractivity contribution in [1.29, 1.82) is 0 Å². The molecule has 0 aromatic carbocycles. The summed E-state index contributed by atoms with van der Waals surface area (Å²) in [6.45, 7) is 0.207. The minimum Gasteiger partial charge on any atom is -0.468 e. The maximum Gasteiger partial charge on any atom is 0.325 e. The second-order valence-electron chi connectivity index (χ2n) is 3.40.